The molecule has 0 aliphatic carbocycles. The summed E-state index contributed by atoms with van der Waals surface area (Å²) < 4.78 is 0. The molecule has 0 bridgehead atoms. The van der Waals surface area contributed by atoms with Crippen LogP contribution in [-0.4, -0.2) is 17.0 Å². The summed E-state index contributed by atoms with van der Waals surface area (Å²) in [4.78, 5) is 33.2. The minimum absolute atomic E-state index is 0.141. The van der Waals surface area contributed by atoms with Gasteiger partial charge < -0.3 is 0 Å². The molecule has 5 heteroatoms. The van der Waals surface area contributed by atoms with E-state index in [2.05, 4.69) is 0 Å². The number of amides is 3. The van der Waals surface area contributed by atoms with Gasteiger partial charge in [-0.2, -0.15) is 0 Å². The lowest BCUT2D eigenvalue weighted by atomic mass is 10.1. The predicted molar refractivity (Wildman–Crippen MR) is 102 cm³/mol. The van der Waals surface area contributed by atoms with Gasteiger partial charge in [0.2, 0.25) is 0 Å². The third kappa shape index (κ3) is 3.32. The van der Waals surface area contributed by atoms with Crippen LogP contribution in [0.15, 0.2) is 91.0 Å². The zero-order valence-corrected chi connectivity index (χ0v) is 14.6. The van der Waals surface area contributed by atoms with Gasteiger partial charge in [0.15, 0.2) is 0 Å². The van der Waals surface area contributed by atoms with E-state index in [1.54, 1.807) is 0 Å². The van der Waals surface area contributed by atoms with Crippen LogP contribution >= 0.6 is 0 Å². The number of para-hydroxylation sites is 1. The van der Waals surface area contributed by atoms with Crippen molar-refractivity contribution in [1.82, 2.24) is 5.06 Å². The van der Waals surface area contributed by atoms with Gasteiger partial charge in [0.05, 0.1) is 0 Å². The Balaban J connectivity index is 1.66. The molecule has 0 N–H and O–H groups in total. The topological polar surface area (TPSA) is 49.9 Å². The number of anilines is 1. The van der Waals surface area contributed by atoms with E-state index in [0.717, 1.165) is 16.2 Å². The monoisotopic (exact) mass is 358 g/mol. The Morgan fingerprint density at radius 1 is 0.741 bits per heavy atom. The van der Waals surface area contributed by atoms with Crippen LogP contribution in [0.2, 0.25) is 0 Å². The number of urea groups is 1. The molecule has 0 radical (unpaired) electrons. The fourth-order valence-corrected chi connectivity index (χ4v) is 3.13. The maximum absolute atomic E-state index is 13.1. The Morgan fingerprint density at radius 3 is 1.93 bits per heavy atom. The van der Waals surface area contributed by atoms with E-state index in [9.17, 15) is 9.59 Å². The molecule has 0 aromatic heterocycles. The number of nitrogens with zero attached hydrogens (tertiary/aromatic N) is 2. The fourth-order valence-electron chi connectivity index (χ4n) is 3.13. The summed E-state index contributed by atoms with van der Waals surface area (Å²) in [7, 11) is 0. The number of hydroxylamine groups is 2. The van der Waals surface area contributed by atoms with Gasteiger partial charge in [0.25, 0.3) is 5.91 Å². The molecule has 1 unspecified atom stereocenters. The normalized spacial score (nSPS) is 16.8. The van der Waals surface area contributed by atoms with E-state index < -0.39 is 18.0 Å². The average Bonchev–Trinajstić information content (AvgIpc) is 2.98. The first kappa shape index (κ1) is 17.0. The summed E-state index contributed by atoms with van der Waals surface area (Å²) in [5.74, 6) is -0.397. The van der Waals surface area contributed by atoms with Gasteiger partial charge in [0, 0.05) is 5.69 Å². The summed E-state index contributed by atoms with van der Waals surface area (Å²) >= 11 is 0. The first-order chi connectivity index (χ1) is 13.3. The summed E-state index contributed by atoms with van der Waals surface area (Å²) in [5.41, 5.74) is 2.27. The molecule has 5 nitrogen and oxygen atoms in total. The molecular formula is C22H18N2O3. The molecule has 1 aliphatic heterocycles. The van der Waals surface area contributed by atoms with E-state index in [1.165, 1.54) is 4.90 Å². The summed E-state index contributed by atoms with van der Waals surface area (Å²) in [6.45, 7) is 0.141. The molecule has 1 fully saturated rings. The van der Waals surface area contributed by atoms with Gasteiger partial charge in [-0.15, -0.1) is 5.06 Å². The van der Waals surface area contributed by atoms with Crippen molar-refractivity contribution in [2.75, 3.05) is 4.90 Å². The second-order valence-corrected chi connectivity index (χ2v) is 6.19. The molecule has 3 aromatic rings. The number of imide groups is 1. The van der Waals surface area contributed by atoms with Crippen molar-refractivity contribution < 1.29 is 14.4 Å². The molecule has 27 heavy (non-hydrogen) atoms. The van der Waals surface area contributed by atoms with Crippen molar-refractivity contribution in [3.8, 4) is 0 Å². The fraction of sp³-hybridized carbons (Fsp3) is 0.0909. The Bertz CT molecular complexity index is 872. The number of hydrogen-bond donors (Lipinski definition) is 0. The summed E-state index contributed by atoms with van der Waals surface area (Å²) in [6, 6.07) is 26.6. The average molecular weight is 358 g/mol. The van der Waals surface area contributed by atoms with Gasteiger partial charge in [-0.25, -0.2) is 4.79 Å². The van der Waals surface area contributed by atoms with Crippen LogP contribution in [0.3, 0.4) is 0 Å². The highest BCUT2D eigenvalue weighted by atomic mass is 16.7. The minimum Gasteiger partial charge on any atom is -0.275 e. The smallest absolute Gasteiger partial charge is 0.275 e. The number of rotatable bonds is 5. The molecule has 4 rings (SSSR count). The van der Waals surface area contributed by atoms with Crippen LogP contribution in [-0.2, 0) is 16.2 Å². The molecule has 0 spiro atoms. The van der Waals surface area contributed by atoms with E-state index in [0.29, 0.717) is 5.69 Å². The Kier molecular flexibility index (Phi) is 4.68. The third-order valence-corrected chi connectivity index (χ3v) is 4.42. The van der Waals surface area contributed by atoms with Crippen LogP contribution in [0.4, 0.5) is 10.5 Å². The van der Waals surface area contributed by atoms with Crippen molar-refractivity contribution in [2.45, 2.75) is 12.6 Å². The first-order valence-corrected chi connectivity index (χ1v) is 8.70. The predicted octanol–water partition coefficient (Wildman–Crippen LogP) is 4.33. The highest BCUT2D eigenvalue weighted by Crippen LogP contribution is 2.35. The lowest BCUT2D eigenvalue weighted by molar-refractivity contribution is -0.167. The molecule has 3 amide bonds. The second-order valence-electron chi connectivity index (χ2n) is 6.19. The van der Waals surface area contributed by atoms with Crippen molar-refractivity contribution >= 4 is 17.6 Å². The summed E-state index contributed by atoms with van der Waals surface area (Å²) in [5, 5.41) is 0.873. The highest BCUT2D eigenvalue weighted by Gasteiger charge is 2.48. The molecule has 3 aromatic carbocycles. The van der Waals surface area contributed by atoms with E-state index >= 15 is 0 Å². The van der Waals surface area contributed by atoms with Crippen molar-refractivity contribution in [3.63, 3.8) is 0 Å². The maximum atomic E-state index is 13.1. The van der Waals surface area contributed by atoms with Crippen molar-refractivity contribution in [2.24, 2.45) is 0 Å². The zero-order valence-electron chi connectivity index (χ0n) is 14.6. The SMILES string of the molecule is O=C1C(c2ccccc2)N(c2ccccc2)C(=O)N1OCc1ccccc1. The molecule has 1 atom stereocenters. The van der Waals surface area contributed by atoms with Gasteiger partial charge in [-0.05, 0) is 23.3 Å². The van der Waals surface area contributed by atoms with Crippen LogP contribution in [0.5, 0.6) is 0 Å². The van der Waals surface area contributed by atoms with E-state index in [1.807, 2.05) is 91.0 Å². The van der Waals surface area contributed by atoms with Gasteiger partial charge >= 0.3 is 6.03 Å². The second kappa shape index (κ2) is 7.43. The van der Waals surface area contributed by atoms with E-state index in [4.69, 9.17) is 4.84 Å². The largest absolute Gasteiger partial charge is 0.356 e. The minimum atomic E-state index is -0.753. The molecular weight excluding hydrogens is 340 g/mol. The zero-order chi connectivity index (χ0) is 18.6. The van der Waals surface area contributed by atoms with Gasteiger partial charge in [0.1, 0.15) is 12.6 Å². The highest BCUT2D eigenvalue weighted by molar-refractivity contribution is 6.13. The molecule has 1 heterocycles. The van der Waals surface area contributed by atoms with Gasteiger partial charge in [-0.1, -0.05) is 78.9 Å². The molecule has 0 saturated carbocycles. The van der Waals surface area contributed by atoms with Crippen LogP contribution in [0.1, 0.15) is 17.2 Å². The van der Waals surface area contributed by atoms with Crippen molar-refractivity contribution in [3.05, 3.63) is 102 Å². The number of benzene rings is 3. The lowest BCUT2D eigenvalue weighted by Gasteiger charge is -2.21. The maximum Gasteiger partial charge on any atom is 0.356 e. The van der Waals surface area contributed by atoms with Crippen LogP contribution < -0.4 is 4.90 Å². The molecule has 1 saturated heterocycles. The Hall–Kier alpha value is -3.44. The Labute approximate surface area is 157 Å². The number of hydrogen-bond acceptors (Lipinski definition) is 3. The van der Waals surface area contributed by atoms with Crippen LogP contribution in [0, 0.1) is 0 Å². The summed E-state index contributed by atoms with van der Waals surface area (Å²) in [6.07, 6.45) is 0. The first-order valence-electron chi connectivity index (χ1n) is 8.70. The van der Waals surface area contributed by atoms with Crippen LogP contribution in [0.25, 0.3) is 0 Å². The standard InChI is InChI=1S/C22H18N2O3/c25-21-20(18-12-6-2-7-13-18)23(19-14-8-3-9-15-19)22(26)24(21)27-16-17-10-4-1-5-11-17/h1-15,20H,16H2. The molecule has 1 aliphatic rings. The number of carbonyl (C=O) groups is 2. The van der Waals surface area contributed by atoms with Gasteiger partial charge in [-0.3, -0.25) is 14.5 Å². The Morgan fingerprint density at radius 2 is 1.30 bits per heavy atom. The van der Waals surface area contributed by atoms with Crippen molar-refractivity contribution in [1.29, 1.82) is 0 Å². The number of carbonyl (C=O) groups excluding carboxylic acids is 2. The quantitative estimate of drug-likeness (QED) is 0.638. The van der Waals surface area contributed by atoms with E-state index in [-0.39, 0.29) is 6.61 Å². The molecule has 134 valence electrons. The lowest BCUT2D eigenvalue weighted by Crippen LogP contribution is -2.33. The third-order valence-electron chi connectivity index (χ3n) is 4.42.